The van der Waals surface area contributed by atoms with E-state index in [0.29, 0.717) is 18.3 Å². The van der Waals surface area contributed by atoms with Crippen molar-refractivity contribution in [3.8, 4) is 17.2 Å². The average Bonchev–Trinajstić information content (AvgIpc) is 3.05. The third kappa shape index (κ3) is 3.81. The Morgan fingerprint density at radius 3 is 2.46 bits per heavy atom. The number of aryl methyl sites for hydroxylation is 1. The van der Waals surface area contributed by atoms with Gasteiger partial charge in [-0.15, -0.1) is 10.2 Å². The summed E-state index contributed by atoms with van der Waals surface area (Å²) >= 11 is 0. The van der Waals surface area contributed by atoms with Crippen molar-refractivity contribution in [2.75, 3.05) is 14.2 Å². The molecule has 0 amide bonds. The number of aromatic nitrogens is 2. The number of rotatable bonds is 6. The zero-order chi connectivity index (χ0) is 16.9. The van der Waals surface area contributed by atoms with Crippen molar-refractivity contribution >= 4 is 0 Å². The third-order valence-electron chi connectivity index (χ3n) is 3.91. The molecule has 2 aromatic carbocycles. The van der Waals surface area contributed by atoms with E-state index in [9.17, 15) is 0 Å². The number of hydrogen-bond donors (Lipinski definition) is 0. The Morgan fingerprint density at radius 1 is 1.00 bits per heavy atom. The molecule has 0 unspecified atom stereocenters. The first-order valence-electron chi connectivity index (χ1n) is 7.85. The maximum atomic E-state index is 5.78. The molecule has 0 radical (unpaired) electrons. The lowest BCUT2D eigenvalue weighted by molar-refractivity contribution is 0.282. The molecule has 0 spiro atoms. The largest absolute Gasteiger partial charge is 0.497 e. The molecule has 0 bridgehead atoms. The van der Waals surface area contributed by atoms with E-state index in [1.165, 1.54) is 11.1 Å². The number of methoxy groups -OCH3 is 1. The fourth-order valence-electron chi connectivity index (χ4n) is 2.53. The van der Waals surface area contributed by atoms with Crippen LogP contribution in [0.3, 0.4) is 0 Å². The van der Waals surface area contributed by atoms with Crippen LogP contribution in [0.15, 0.2) is 52.9 Å². The standard InChI is InChI=1S/C19H21N3O2/c1-14-6-4-5-7-16(14)12-22(2)13-18-20-21-19(24-18)15-8-10-17(23-3)11-9-15/h4-11H,12-13H2,1-3H3. The molecule has 0 aliphatic heterocycles. The molecule has 1 aromatic heterocycles. The van der Waals surface area contributed by atoms with E-state index in [1.807, 2.05) is 31.3 Å². The van der Waals surface area contributed by atoms with Crippen molar-refractivity contribution in [3.05, 3.63) is 65.5 Å². The van der Waals surface area contributed by atoms with Crippen molar-refractivity contribution in [2.24, 2.45) is 0 Å². The Morgan fingerprint density at radius 2 is 1.75 bits per heavy atom. The Kier molecular flexibility index (Phi) is 4.91. The molecule has 3 aromatic rings. The van der Waals surface area contributed by atoms with E-state index < -0.39 is 0 Å². The second-order valence-electron chi connectivity index (χ2n) is 5.83. The molecule has 0 N–H and O–H groups in total. The summed E-state index contributed by atoms with van der Waals surface area (Å²) in [6.07, 6.45) is 0. The number of ether oxygens (including phenoxy) is 1. The first kappa shape index (κ1) is 16.2. The molecule has 0 fully saturated rings. The van der Waals surface area contributed by atoms with Crippen LogP contribution < -0.4 is 4.74 Å². The molecular formula is C19H21N3O2. The van der Waals surface area contributed by atoms with Crippen LogP contribution in [-0.4, -0.2) is 29.3 Å². The first-order chi connectivity index (χ1) is 11.7. The van der Waals surface area contributed by atoms with Crippen LogP contribution in [0.25, 0.3) is 11.5 Å². The summed E-state index contributed by atoms with van der Waals surface area (Å²) in [5.74, 6) is 1.94. The van der Waals surface area contributed by atoms with Crippen molar-refractivity contribution in [3.63, 3.8) is 0 Å². The van der Waals surface area contributed by atoms with Crippen LogP contribution in [0.4, 0.5) is 0 Å². The van der Waals surface area contributed by atoms with Gasteiger partial charge in [-0.25, -0.2) is 0 Å². The fourth-order valence-corrected chi connectivity index (χ4v) is 2.53. The van der Waals surface area contributed by atoms with Gasteiger partial charge in [0.25, 0.3) is 0 Å². The SMILES string of the molecule is COc1ccc(-c2nnc(CN(C)Cc3ccccc3C)o2)cc1. The highest BCUT2D eigenvalue weighted by Gasteiger charge is 2.11. The van der Waals surface area contributed by atoms with Crippen LogP contribution >= 0.6 is 0 Å². The molecular weight excluding hydrogens is 302 g/mol. The minimum atomic E-state index is 0.525. The highest BCUT2D eigenvalue weighted by Crippen LogP contribution is 2.21. The molecule has 0 saturated heterocycles. The molecule has 0 aliphatic rings. The number of hydrogen-bond acceptors (Lipinski definition) is 5. The van der Waals surface area contributed by atoms with Gasteiger partial charge in [0.2, 0.25) is 11.8 Å². The maximum absolute atomic E-state index is 5.78. The van der Waals surface area contributed by atoms with Gasteiger partial charge >= 0.3 is 0 Å². The van der Waals surface area contributed by atoms with Crippen molar-refractivity contribution in [1.29, 1.82) is 0 Å². The monoisotopic (exact) mass is 323 g/mol. The molecule has 24 heavy (non-hydrogen) atoms. The van der Waals surface area contributed by atoms with Crippen molar-refractivity contribution < 1.29 is 9.15 Å². The lowest BCUT2D eigenvalue weighted by Gasteiger charge is -2.15. The Balaban J connectivity index is 1.66. The Bertz CT molecular complexity index is 796. The first-order valence-corrected chi connectivity index (χ1v) is 7.85. The van der Waals surface area contributed by atoms with E-state index in [2.05, 4.69) is 46.3 Å². The molecule has 5 nitrogen and oxygen atoms in total. The van der Waals surface area contributed by atoms with E-state index in [0.717, 1.165) is 17.9 Å². The van der Waals surface area contributed by atoms with Crippen LogP contribution in [0.5, 0.6) is 5.75 Å². The van der Waals surface area contributed by atoms with E-state index in [-0.39, 0.29) is 0 Å². The summed E-state index contributed by atoms with van der Waals surface area (Å²) in [6.45, 7) is 3.57. The lowest BCUT2D eigenvalue weighted by atomic mass is 10.1. The summed E-state index contributed by atoms with van der Waals surface area (Å²) in [4.78, 5) is 2.16. The summed E-state index contributed by atoms with van der Waals surface area (Å²) in [7, 11) is 3.69. The minimum Gasteiger partial charge on any atom is -0.497 e. The minimum absolute atomic E-state index is 0.525. The van der Waals surface area contributed by atoms with E-state index in [4.69, 9.17) is 9.15 Å². The molecule has 5 heteroatoms. The third-order valence-corrected chi connectivity index (χ3v) is 3.91. The van der Waals surface area contributed by atoms with E-state index >= 15 is 0 Å². The number of nitrogens with zero attached hydrogens (tertiary/aromatic N) is 3. The van der Waals surface area contributed by atoms with E-state index in [1.54, 1.807) is 7.11 Å². The van der Waals surface area contributed by atoms with Crippen LogP contribution in [0.2, 0.25) is 0 Å². The highest BCUT2D eigenvalue weighted by atomic mass is 16.5. The summed E-state index contributed by atoms with van der Waals surface area (Å²) in [5, 5.41) is 8.29. The van der Waals surface area contributed by atoms with Gasteiger partial charge in [0, 0.05) is 12.1 Å². The zero-order valence-corrected chi connectivity index (χ0v) is 14.2. The second kappa shape index (κ2) is 7.27. The van der Waals surface area contributed by atoms with Gasteiger partial charge < -0.3 is 9.15 Å². The summed E-state index contributed by atoms with van der Waals surface area (Å²) in [6, 6.07) is 16.0. The van der Waals surface area contributed by atoms with Gasteiger partial charge in [0.1, 0.15) is 5.75 Å². The van der Waals surface area contributed by atoms with Crippen molar-refractivity contribution in [2.45, 2.75) is 20.0 Å². The van der Waals surface area contributed by atoms with Gasteiger partial charge in [-0.1, -0.05) is 24.3 Å². The normalized spacial score (nSPS) is 11.0. The molecule has 0 saturated carbocycles. The molecule has 1 heterocycles. The topological polar surface area (TPSA) is 51.4 Å². The zero-order valence-electron chi connectivity index (χ0n) is 14.2. The average molecular weight is 323 g/mol. The highest BCUT2D eigenvalue weighted by molar-refractivity contribution is 5.53. The maximum Gasteiger partial charge on any atom is 0.247 e. The van der Waals surface area contributed by atoms with Gasteiger partial charge in [0.15, 0.2) is 0 Å². The molecule has 0 atom stereocenters. The smallest absolute Gasteiger partial charge is 0.247 e. The predicted octanol–water partition coefficient (Wildman–Crippen LogP) is 3.69. The van der Waals surface area contributed by atoms with Crippen LogP contribution in [0.1, 0.15) is 17.0 Å². The second-order valence-corrected chi connectivity index (χ2v) is 5.83. The van der Waals surface area contributed by atoms with Gasteiger partial charge in [0.05, 0.1) is 13.7 Å². The van der Waals surface area contributed by atoms with Crippen LogP contribution in [-0.2, 0) is 13.1 Å². The summed E-state index contributed by atoms with van der Waals surface area (Å²) < 4.78 is 10.9. The fraction of sp³-hybridized carbons (Fsp3) is 0.263. The molecule has 124 valence electrons. The number of benzene rings is 2. The van der Waals surface area contributed by atoms with Gasteiger partial charge in [-0.3, -0.25) is 4.90 Å². The molecule has 0 aliphatic carbocycles. The quantitative estimate of drug-likeness (QED) is 0.692. The van der Waals surface area contributed by atoms with Crippen molar-refractivity contribution in [1.82, 2.24) is 15.1 Å². The Labute approximate surface area is 141 Å². The molecule has 3 rings (SSSR count). The summed E-state index contributed by atoms with van der Waals surface area (Å²) in [5.41, 5.74) is 3.47. The Hall–Kier alpha value is -2.66. The predicted molar refractivity (Wildman–Crippen MR) is 92.6 cm³/mol. The van der Waals surface area contributed by atoms with Gasteiger partial charge in [-0.2, -0.15) is 0 Å². The van der Waals surface area contributed by atoms with Crippen LogP contribution in [0, 0.1) is 6.92 Å². The lowest BCUT2D eigenvalue weighted by Crippen LogP contribution is -2.18. The van der Waals surface area contributed by atoms with Gasteiger partial charge in [-0.05, 0) is 49.4 Å².